The molecule has 0 saturated carbocycles. The van der Waals surface area contributed by atoms with E-state index in [1.54, 1.807) is 0 Å². The van der Waals surface area contributed by atoms with Crippen LogP contribution in [0, 0.1) is 0 Å². The van der Waals surface area contributed by atoms with Crippen molar-refractivity contribution < 1.29 is 0 Å². The van der Waals surface area contributed by atoms with Crippen molar-refractivity contribution in [1.82, 2.24) is 0 Å². The molecular formula is C15H16ClN. The van der Waals surface area contributed by atoms with Crippen molar-refractivity contribution >= 4 is 17.3 Å². The first-order chi connectivity index (χ1) is 8.18. The topological polar surface area (TPSA) is 3.24 Å². The monoisotopic (exact) mass is 245 g/mol. The molecule has 1 nitrogen and oxygen atoms in total. The highest BCUT2D eigenvalue weighted by molar-refractivity contribution is 6.22. The molecule has 1 atom stereocenters. The number of hydrogen-bond donors (Lipinski definition) is 0. The minimum atomic E-state index is -0.0765. The number of hydrogen-bond acceptors (Lipinski definition) is 1. The van der Waals surface area contributed by atoms with Crippen molar-refractivity contribution in [2.24, 2.45) is 0 Å². The first kappa shape index (κ1) is 12.0. The fourth-order valence-electron chi connectivity index (χ4n) is 1.76. The number of halogens is 1. The van der Waals surface area contributed by atoms with Gasteiger partial charge in [0.1, 0.15) is 0 Å². The average Bonchev–Trinajstić information content (AvgIpc) is 2.39. The Morgan fingerprint density at radius 2 is 1.35 bits per heavy atom. The third-order valence-corrected chi connectivity index (χ3v) is 3.30. The van der Waals surface area contributed by atoms with Gasteiger partial charge in [0.2, 0.25) is 0 Å². The van der Waals surface area contributed by atoms with Crippen LogP contribution in [0.15, 0.2) is 54.6 Å². The molecule has 88 valence electrons. The summed E-state index contributed by atoms with van der Waals surface area (Å²) < 4.78 is 0. The Kier molecular flexibility index (Phi) is 3.70. The molecule has 2 rings (SSSR count). The molecule has 2 aromatic carbocycles. The highest BCUT2D eigenvalue weighted by atomic mass is 35.5. The summed E-state index contributed by atoms with van der Waals surface area (Å²) in [5.74, 6) is 0. The summed E-state index contributed by atoms with van der Waals surface area (Å²) in [4.78, 5) is 2.08. The maximum Gasteiger partial charge on any atom is 0.0835 e. The molecule has 0 bridgehead atoms. The van der Waals surface area contributed by atoms with Crippen LogP contribution in [-0.4, -0.2) is 14.1 Å². The van der Waals surface area contributed by atoms with E-state index in [9.17, 15) is 0 Å². The van der Waals surface area contributed by atoms with Crippen LogP contribution in [0.4, 0.5) is 5.69 Å². The standard InChI is InChI=1S/C15H16ClN/c1-17(2)14-10-8-13(9-11-14)15(16)12-6-4-3-5-7-12/h3-11,15H,1-2H3. The van der Waals surface area contributed by atoms with Gasteiger partial charge in [0.25, 0.3) is 0 Å². The van der Waals surface area contributed by atoms with Crippen molar-refractivity contribution in [3.63, 3.8) is 0 Å². The summed E-state index contributed by atoms with van der Waals surface area (Å²) in [6, 6.07) is 18.5. The maximum absolute atomic E-state index is 6.45. The average molecular weight is 246 g/mol. The predicted octanol–water partition coefficient (Wildman–Crippen LogP) is 4.08. The molecule has 2 aromatic rings. The van der Waals surface area contributed by atoms with Crippen LogP contribution in [0.1, 0.15) is 16.5 Å². The summed E-state index contributed by atoms with van der Waals surface area (Å²) in [5.41, 5.74) is 3.45. The van der Waals surface area contributed by atoms with Gasteiger partial charge in [0.05, 0.1) is 5.38 Å². The summed E-state index contributed by atoms with van der Waals surface area (Å²) in [6.45, 7) is 0. The molecule has 0 aliphatic carbocycles. The number of benzene rings is 2. The normalized spacial score (nSPS) is 12.2. The number of nitrogens with zero attached hydrogens (tertiary/aromatic N) is 1. The smallest absolute Gasteiger partial charge is 0.0835 e. The third-order valence-electron chi connectivity index (χ3n) is 2.79. The zero-order valence-electron chi connectivity index (χ0n) is 10.1. The second-order valence-electron chi connectivity index (χ2n) is 4.26. The predicted molar refractivity (Wildman–Crippen MR) is 74.9 cm³/mol. The largest absolute Gasteiger partial charge is 0.378 e. The van der Waals surface area contributed by atoms with Crippen LogP contribution in [0.2, 0.25) is 0 Å². The van der Waals surface area contributed by atoms with Crippen molar-refractivity contribution in [2.45, 2.75) is 5.38 Å². The quantitative estimate of drug-likeness (QED) is 0.737. The lowest BCUT2D eigenvalue weighted by atomic mass is 10.0. The van der Waals surface area contributed by atoms with Crippen molar-refractivity contribution in [3.05, 3.63) is 65.7 Å². The van der Waals surface area contributed by atoms with E-state index >= 15 is 0 Å². The van der Waals surface area contributed by atoms with Crippen LogP contribution in [-0.2, 0) is 0 Å². The van der Waals surface area contributed by atoms with Gasteiger partial charge in [0.15, 0.2) is 0 Å². The molecule has 17 heavy (non-hydrogen) atoms. The molecule has 0 aromatic heterocycles. The first-order valence-corrected chi connectivity index (χ1v) is 6.08. The lowest BCUT2D eigenvalue weighted by Crippen LogP contribution is -2.08. The Hall–Kier alpha value is -1.47. The third kappa shape index (κ3) is 2.80. The van der Waals surface area contributed by atoms with Gasteiger partial charge in [-0.25, -0.2) is 0 Å². The highest BCUT2D eigenvalue weighted by Gasteiger charge is 2.09. The van der Waals surface area contributed by atoms with Gasteiger partial charge < -0.3 is 4.90 Å². The second-order valence-corrected chi connectivity index (χ2v) is 4.70. The number of alkyl halides is 1. The summed E-state index contributed by atoms with van der Waals surface area (Å²) in [7, 11) is 4.06. The molecule has 0 aliphatic heterocycles. The molecular weight excluding hydrogens is 230 g/mol. The van der Waals surface area contributed by atoms with E-state index in [4.69, 9.17) is 11.6 Å². The Morgan fingerprint density at radius 1 is 0.824 bits per heavy atom. The summed E-state index contributed by atoms with van der Waals surface area (Å²) in [6.07, 6.45) is 0. The van der Waals surface area contributed by atoms with E-state index in [1.165, 1.54) is 5.69 Å². The van der Waals surface area contributed by atoms with Gasteiger partial charge in [-0.3, -0.25) is 0 Å². The summed E-state index contributed by atoms with van der Waals surface area (Å²) in [5, 5.41) is -0.0765. The zero-order valence-corrected chi connectivity index (χ0v) is 10.9. The van der Waals surface area contributed by atoms with E-state index in [0.29, 0.717) is 0 Å². The van der Waals surface area contributed by atoms with Crippen LogP contribution < -0.4 is 4.90 Å². The van der Waals surface area contributed by atoms with Gasteiger partial charge in [-0.2, -0.15) is 0 Å². The molecule has 0 amide bonds. The molecule has 0 heterocycles. The fraction of sp³-hybridized carbons (Fsp3) is 0.200. The molecule has 2 heteroatoms. The van der Waals surface area contributed by atoms with Gasteiger partial charge >= 0.3 is 0 Å². The van der Waals surface area contributed by atoms with Crippen LogP contribution in [0.25, 0.3) is 0 Å². The minimum Gasteiger partial charge on any atom is -0.378 e. The van der Waals surface area contributed by atoms with Crippen molar-refractivity contribution in [3.8, 4) is 0 Å². The highest BCUT2D eigenvalue weighted by Crippen LogP contribution is 2.29. The second kappa shape index (κ2) is 5.24. The molecule has 0 fully saturated rings. The van der Waals surface area contributed by atoms with Gasteiger partial charge in [-0.05, 0) is 23.3 Å². The first-order valence-electron chi connectivity index (χ1n) is 5.65. The SMILES string of the molecule is CN(C)c1ccc(C(Cl)c2ccccc2)cc1. The Labute approximate surface area is 108 Å². The zero-order chi connectivity index (χ0) is 12.3. The van der Waals surface area contributed by atoms with E-state index in [2.05, 4.69) is 41.3 Å². The van der Waals surface area contributed by atoms with E-state index in [0.717, 1.165) is 11.1 Å². The van der Waals surface area contributed by atoms with E-state index in [-0.39, 0.29) is 5.38 Å². The Bertz CT molecular complexity index is 462. The molecule has 1 unspecified atom stereocenters. The van der Waals surface area contributed by atoms with E-state index in [1.807, 2.05) is 32.3 Å². The Balaban J connectivity index is 2.23. The van der Waals surface area contributed by atoms with Gasteiger partial charge in [-0.15, -0.1) is 11.6 Å². The maximum atomic E-state index is 6.45. The summed E-state index contributed by atoms with van der Waals surface area (Å²) >= 11 is 6.45. The molecule has 0 radical (unpaired) electrons. The molecule has 0 spiro atoms. The minimum absolute atomic E-state index is 0.0765. The van der Waals surface area contributed by atoms with Gasteiger partial charge in [0, 0.05) is 19.8 Å². The lowest BCUT2D eigenvalue weighted by molar-refractivity contribution is 1.11. The number of rotatable bonds is 3. The molecule has 0 aliphatic rings. The van der Waals surface area contributed by atoms with E-state index < -0.39 is 0 Å². The van der Waals surface area contributed by atoms with Crippen molar-refractivity contribution in [2.75, 3.05) is 19.0 Å². The van der Waals surface area contributed by atoms with Crippen LogP contribution >= 0.6 is 11.6 Å². The number of anilines is 1. The van der Waals surface area contributed by atoms with Crippen LogP contribution in [0.3, 0.4) is 0 Å². The van der Waals surface area contributed by atoms with Crippen LogP contribution in [0.5, 0.6) is 0 Å². The lowest BCUT2D eigenvalue weighted by Gasteiger charge is -2.15. The van der Waals surface area contributed by atoms with Gasteiger partial charge in [-0.1, -0.05) is 42.5 Å². The molecule has 0 N–H and O–H groups in total. The van der Waals surface area contributed by atoms with Crippen molar-refractivity contribution in [1.29, 1.82) is 0 Å². The fourth-order valence-corrected chi connectivity index (χ4v) is 2.05. The molecule has 0 saturated heterocycles. The Morgan fingerprint density at radius 3 is 1.88 bits per heavy atom.